The summed E-state index contributed by atoms with van der Waals surface area (Å²) in [6.07, 6.45) is 18.1. The minimum atomic E-state index is 0.244. The third kappa shape index (κ3) is 4.49. The number of aliphatic hydroxyl groups is 1. The van der Waals surface area contributed by atoms with Crippen molar-refractivity contribution in [3.05, 3.63) is 23.3 Å². The molecule has 0 amide bonds. The van der Waals surface area contributed by atoms with Crippen molar-refractivity contribution < 1.29 is 5.11 Å². The summed E-state index contributed by atoms with van der Waals surface area (Å²) in [6.45, 7) is 2.54. The van der Waals surface area contributed by atoms with Crippen LogP contribution in [0.1, 0.15) is 71.1 Å². The molecule has 2 aliphatic carbocycles. The molecule has 0 aromatic heterocycles. The minimum Gasteiger partial charge on any atom is -0.392 e. The third-order valence-corrected chi connectivity index (χ3v) is 5.06. The fraction of sp³-hybridized carbons (Fsp3) is 0.778. The van der Waals surface area contributed by atoms with E-state index in [1.165, 1.54) is 63.4 Å². The minimum absolute atomic E-state index is 0.244. The smallest absolute Gasteiger partial charge is 0.0644 e. The van der Waals surface area contributed by atoms with Crippen LogP contribution in [0.2, 0.25) is 0 Å². The first-order chi connectivity index (χ1) is 9.33. The van der Waals surface area contributed by atoms with Crippen LogP contribution in [0.5, 0.6) is 0 Å². The Morgan fingerprint density at radius 2 is 1.84 bits per heavy atom. The first kappa shape index (κ1) is 14.8. The molecular formula is C18H30O. The molecule has 1 saturated carbocycles. The second-order valence-electron chi connectivity index (χ2n) is 6.44. The summed E-state index contributed by atoms with van der Waals surface area (Å²) < 4.78 is 0. The largest absolute Gasteiger partial charge is 0.392 e. The molecular weight excluding hydrogens is 232 g/mol. The number of rotatable bonds is 6. The third-order valence-electron chi connectivity index (χ3n) is 5.06. The molecule has 1 N–H and O–H groups in total. The molecule has 0 saturated heterocycles. The lowest BCUT2D eigenvalue weighted by Gasteiger charge is -2.31. The van der Waals surface area contributed by atoms with Gasteiger partial charge in [-0.1, -0.05) is 50.3 Å². The van der Waals surface area contributed by atoms with Crippen LogP contribution in [0.15, 0.2) is 23.3 Å². The Labute approximate surface area is 118 Å². The van der Waals surface area contributed by atoms with Gasteiger partial charge in [-0.25, -0.2) is 0 Å². The SMILES string of the molecule is CCCCCC1CCC(C2=CC=C(CO)CC2)CC1. The Kier molecular flexibility index (Phi) is 6.16. The number of aliphatic hydroxyl groups excluding tert-OH is 1. The van der Waals surface area contributed by atoms with Crippen molar-refractivity contribution in [2.75, 3.05) is 6.61 Å². The van der Waals surface area contributed by atoms with E-state index in [2.05, 4.69) is 19.1 Å². The zero-order valence-corrected chi connectivity index (χ0v) is 12.5. The van der Waals surface area contributed by atoms with Gasteiger partial charge in [0, 0.05) is 0 Å². The molecule has 0 aromatic rings. The normalized spacial score (nSPS) is 27.9. The predicted octanol–water partition coefficient (Wildman–Crippen LogP) is 5.01. The van der Waals surface area contributed by atoms with E-state index in [1.807, 2.05) is 0 Å². The molecule has 1 nitrogen and oxygen atoms in total. The van der Waals surface area contributed by atoms with Gasteiger partial charge in [-0.2, -0.15) is 0 Å². The lowest BCUT2D eigenvalue weighted by atomic mass is 9.75. The maximum absolute atomic E-state index is 9.13. The monoisotopic (exact) mass is 262 g/mol. The summed E-state index contributed by atoms with van der Waals surface area (Å²) in [5.74, 6) is 1.86. The molecule has 2 rings (SSSR count). The fourth-order valence-corrected chi connectivity index (χ4v) is 3.67. The predicted molar refractivity (Wildman–Crippen MR) is 82.1 cm³/mol. The quantitative estimate of drug-likeness (QED) is 0.667. The molecule has 0 spiro atoms. The van der Waals surface area contributed by atoms with Crippen molar-refractivity contribution in [2.45, 2.75) is 71.1 Å². The fourth-order valence-electron chi connectivity index (χ4n) is 3.67. The number of hydrogen-bond donors (Lipinski definition) is 1. The van der Waals surface area contributed by atoms with Gasteiger partial charge in [-0.05, 0) is 55.9 Å². The summed E-state index contributed by atoms with van der Waals surface area (Å²) >= 11 is 0. The molecule has 108 valence electrons. The van der Waals surface area contributed by atoms with Gasteiger partial charge in [0.25, 0.3) is 0 Å². The lowest BCUT2D eigenvalue weighted by Crippen LogP contribution is -2.17. The van der Waals surface area contributed by atoms with E-state index in [-0.39, 0.29) is 6.61 Å². The van der Waals surface area contributed by atoms with Crippen LogP contribution in [-0.4, -0.2) is 11.7 Å². The highest BCUT2D eigenvalue weighted by atomic mass is 16.3. The van der Waals surface area contributed by atoms with Gasteiger partial charge in [0.1, 0.15) is 0 Å². The molecule has 1 heteroatoms. The molecule has 0 unspecified atom stereocenters. The van der Waals surface area contributed by atoms with E-state index in [1.54, 1.807) is 5.57 Å². The van der Waals surface area contributed by atoms with E-state index in [0.717, 1.165) is 18.3 Å². The van der Waals surface area contributed by atoms with Gasteiger partial charge in [-0.3, -0.25) is 0 Å². The zero-order chi connectivity index (χ0) is 13.5. The highest BCUT2D eigenvalue weighted by Crippen LogP contribution is 2.38. The molecule has 2 aliphatic rings. The van der Waals surface area contributed by atoms with Crippen molar-refractivity contribution in [1.29, 1.82) is 0 Å². The molecule has 19 heavy (non-hydrogen) atoms. The van der Waals surface area contributed by atoms with Crippen molar-refractivity contribution in [2.24, 2.45) is 11.8 Å². The van der Waals surface area contributed by atoms with Crippen LogP contribution >= 0.6 is 0 Å². The van der Waals surface area contributed by atoms with Crippen molar-refractivity contribution in [3.63, 3.8) is 0 Å². The first-order valence-corrected chi connectivity index (χ1v) is 8.32. The van der Waals surface area contributed by atoms with E-state index in [9.17, 15) is 0 Å². The first-order valence-electron chi connectivity index (χ1n) is 8.32. The average molecular weight is 262 g/mol. The molecule has 0 heterocycles. The molecule has 0 aromatic carbocycles. The Morgan fingerprint density at radius 1 is 1.05 bits per heavy atom. The summed E-state index contributed by atoms with van der Waals surface area (Å²) in [4.78, 5) is 0. The molecule has 0 radical (unpaired) electrons. The molecule has 0 aliphatic heterocycles. The van der Waals surface area contributed by atoms with Crippen molar-refractivity contribution >= 4 is 0 Å². The van der Waals surface area contributed by atoms with Crippen LogP contribution < -0.4 is 0 Å². The van der Waals surface area contributed by atoms with Crippen LogP contribution in [-0.2, 0) is 0 Å². The van der Waals surface area contributed by atoms with Crippen LogP contribution in [0.4, 0.5) is 0 Å². The molecule has 1 fully saturated rings. The number of unbranched alkanes of at least 4 members (excludes halogenated alkanes) is 2. The highest BCUT2D eigenvalue weighted by molar-refractivity contribution is 5.26. The van der Waals surface area contributed by atoms with Crippen LogP contribution in [0, 0.1) is 11.8 Å². The Hall–Kier alpha value is -0.560. The average Bonchev–Trinajstić information content (AvgIpc) is 2.48. The van der Waals surface area contributed by atoms with Crippen molar-refractivity contribution in [1.82, 2.24) is 0 Å². The van der Waals surface area contributed by atoms with E-state index in [4.69, 9.17) is 5.11 Å². The maximum Gasteiger partial charge on any atom is 0.0644 e. The standard InChI is InChI=1S/C18H30O/c1-2-3-4-5-15-6-10-17(11-7-15)18-12-8-16(14-19)9-13-18/h8,12,15,17,19H,2-7,9-11,13-14H2,1H3. The zero-order valence-electron chi connectivity index (χ0n) is 12.5. The van der Waals surface area contributed by atoms with Gasteiger partial charge in [0.15, 0.2) is 0 Å². The summed E-state index contributed by atoms with van der Waals surface area (Å²) in [5, 5.41) is 9.13. The van der Waals surface area contributed by atoms with Gasteiger partial charge < -0.3 is 5.11 Å². The highest BCUT2D eigenvalue weighted by Gasteiger charge is 2.24. The van der Waals surface area contributed by atoms with Gasteiger partial charge in [-0.15, -0.1) is 0 Å². The van der Waals surface area contributed by atoms with Gasteiger partial charge in [0.2, 0.25) is 0 Å². The second-order valence-corrected chi connectivity index (χ2v) is 6.44. The summed E-state index contributed by atoms with van der Waals surface area (Å²) in [5.41, 5.74) is 2.86. The van der Waals surface area contributed by atoms with Crippen LogP contribution in [0.25, 0.3) is 0 Å². The van der Waals surface area contributed by atoms with E-state index < -0.39 is 0 Å². The van der Waals surface area contributed by atoms with Crippen molar-refractivity contribution in [3.8, 4) is 0 Å². The lowest BCUT2D eigenvalue weighted by molar-refractivity contribution is 0.277. The molecule has 0 bridgehead atoms. The Morgan fingerprint density at radius 3 is 2.42 bits per heavy atom. The Balaban J connectivity index is 1.74. The Bertz CT molecular complexity index is 319. The van der Waals surface area contributed by atoms with Crippen LogP contribution in [0.3, 0.4) is 0 Å². The second kappa shape index (κ2) is 7.89. The van der Waals surface area contributed by atoms with Gasteiger partial charge >= 0.3 is 0 Å². The summed E-state index contributed by atoms with van der Waals surface area (Å²) in [6, 6.07) is 0. The number of allylic oxidation sites excluding steroid dienone is 3. The van der Waals surface area contributed by atoms with Gasteiger partial charge in [0.05, 0.1) is 6.61 Å². The summed E-state index contributed by atoms with van der Waals surface area (Å²) in [7, 11) is 0. The number of hydrogen-bond acceptors (Lipinski definition) is 1. The maximum atomic E-state index is 9.13. The van der Waals surface area contributed by atoms with E-state index >= 15 is 0 Å². The molecule has 0 atom stereocenters. The van der Waals surface area contributed by atoms with E-state index in [0.29, 0.717) is 0 Å². The topological polar surface area (TPSA) is 20.2 Å².